The van der Waals surface area contributed by atoms with Crippen molar-refractivity contribution < 1.29 is 10.1 Å². The van der Waals surface area contributed by atoms with E-state index in [9.17, 15) is 15.3 Å². The third kappa shape index (κ3) is 0.994. The molecule has 0 aromatic carbocycles. The summed E-state index contributed by atoms with van der Waals surface area (Å²) in [4.78, 5) is 13.6. The smallest absolute Gasteiger partial charge is 0.298 e. The molecule has 0 spiro atoms. The second-order valence-electron chi connectivity index (χ2n) is 2.49. The minimum atomic E-state index is -0.532. The van der Waals surface area contributed by atoms with Crippen molar-refractivity contribution in [2.45, 2.75) is 0 Å². The van der Waals surface area contributed by atoms with Gasteiger partial charge in [-0.25, -0.2) is 4.98 Å². The lowest BCUT2D eigenvalue weighted by atomic mass is 10.2. The Morgan fingerprint density at radius 1 is 1.62 bits per heavy atom. The van der Waals surface area contributed by atoms with Crippen LogP contribution in [0.4, 0.5) is 5.69 Å². The van der Waals surface area contributed by atoms with Gasteiger partial charge in [-0.2, -0.15) is 4.73 Å². The number of aromatic nitrogens is 2. The first-order valence-corrected chi connectivity index (χ1v) is 3.50. The van der Waals surface area contributed by atoms with Crippen molar-refractivity contribution in [3.63, 3.8) is 0 Å². The summed E-state index contributed by atoms with van der Waals surface area (Å²) in [5, 5.41) is 19.7. The second-order valence-corrected chi connectivity index (χ2v) is 2.49. The molecule has 0 saturated heterocycles. The Balaban J connectivity index is 2.70. The van der Waals surface area contributed by atoms with Crippen molar-refractivity contribution in [1.82, 2.24) is 9.71 Å². The van der Waals surface area contributed by atoms with E-state index in [4.69, 9.17) is 0 Å². The van der Waals surface area contributed by atoms with Crippen molar-refractivity contribution in [2.24, 2.45) is 0 Å². The molecule has 2 rings (SSSR count). The zero-order valence-corrected chi connectivity index (χ0v) is 6.41. The molecule has 66 valence electrons. The highest BCUT2D eigenvalue weighted by Crippen LogP contribution is 2.29. The summed E-state index contributed by atoms with van der Waals surface area (Å²) in [5.41, 5.74) is 0.230. The SMILES string of the molecule is O=[N+]([O-])c1cnc2n(O)cccc1-2. The van der Waals surface area contributed by atoms with E-state index in [2.05, 4.69) is 4.98 Å². The summed E-state index contributed by atoms with van der Waals surface area (Å²) in [7, 11) is 0. The molecule has 0 radical (unpaired) electrons. The van der Waals surface area contributed by atoms with E-state index in [1.807, 2.05) is 0 Å². The van der Waals surface area contributed by atoms with Crippen LogP contribution in [-0.4, -0.2) is 19.8 Å². The Bertz CT molecular complexity index is 437. The van der Waals surface area contributed by atoms with Crippen LogP contribution in [0.3, 0.4) is 0 Å². The zero-order valence-electron chi connectivity index (χ0n) is 6.41. The number of hydrogen-bond acceptors (Lipinski definition) is 4. The number of hydrogen-bond donors (Lipinski definition) is 1. The number of nitrogens with zero attached hydrogens (tertiary/aromatic N) is 3. The molecule has 0 saturated carbocycles. The van der Waals surface area contributed by atoms with Crippen molar-refractivity contribution in [2.75, 3.05) is 0 Å². The third-order valence-electron chi connectivity index (χ3n) is 1.73. The molecule has 1 N–H and O–H groups in total. The minimum absolute atomic E-state index is 0.0987. The highest BCUT2D eigenvalue weighted by molar-refractivity contribution is 5.69. The molecule has 13 heavy (non-hydrogen) atoms. The predicted octanol–water partition coefficient (Wildman–Crippen LogP) is 1.13. The summed E-state index contributed by atoms with van der Waals surface area (Å²) in [6.07, 6.45) is 2.48. The average Bonchev–Trinajstić information content (AvgIpc) is 2.48. The number of rotatable bonds is 1. The van der Waals surface area contributed by atoms with Gasteiger partial charge in [0.05, 0.1) is 4.92 Å². The van der Waals surface area contributed by atoms with E-state index < -0.39 is 4.92 Å². The number of nitro groups is 1. The van der Waals surface area contributed by atoms with Gasteiger partial charge in [-0.1, -0.05) is 0 Å². The van der Waals surface area contributed by atoms with Crippen LogP contribution in [0.25, 0.3) is 11.4 Å². The van der Waals surface area contributed by atoms with Crippen LogP contribution in [0.15, 0.2) is 24.5 Å². The molecule has 0 aliphatic carbocycles. The second kappa shape index (κ2) is 2.44. The van der Waals surface area contributed by atoms with Crippen LogP contribution in [0.2, 0.25) is 0 Å². The molecule has 0 unspecified atom stereocenters. The van der Waals surface area contributed by atoms with E-state index in [-0.39, 0.29) is 11.5 Å². The molecule has 2 heterocycles. The summed E-state index contributed by atoms with van der Waals surface area (Å²) in [6.45, 7) is 0. The van der Waals surface area contributed by atoms with Crippen molar-refractivity contribution >= 4 is 5.69 Å². The Morgan fingerprint density at radius 2 is 2.38 bits per heavy atom. The van der Waals surface area contributed by atoms with Gasteiger partial charge >= 0.3 is 0 Å². The fourth-order valence-electron chi connectivity index (χ4n) is 1.16. The zero-order chi connectivity index (χ0) is 9.42. The number of pyridine rings is 1. The van der Waals surface area contributed by atoms with Gasteiger partial charge in [-0.15, -0.1) is 0 Å². The van der Waals surface area contributed by atoms with Crippen LogP contribution in [0.5, 0.6) is 0 Å². The Morgan fingerprint density at radius 3 is 3.08 bits per heavy atom. The van der Waals surface area contributed by atoms with Crippen molar-refractivity contribution in [3.8, 4) is 11.4 Å². The first kappa shape index (κ1) is 7.53. The van der Waals surface area contributed by atoms with E-state index in [0.717, 1.165) is 10.9 Å². The fourth-order valence-corrected chi connectivity index (χ4v) is 1.16. The van der Waals surface area contributed by atoms with Crippen LogP contribution < -0.4 is 0 Å². The van der Waals surface area contributed by atoms with Gasteiger partial charge in [0.25, 0.3) is 5.69 Å². The van der Waals surface area contributed by atoms with Gasteiger partial charge < -0.3 is 5.21 Å². The monoisotopic (exact) mass is 179 g/mol. The molecule has 0 aromatic heterocycles. The van der Waals surface area contributed by atoms with Crippen molar-refractivity contribution in [1.29, 1.82) is 0 Å². The quantitative estimate of drug-likeness (QED) is 0.404. The lowest BCUT2D eigenvalue weighted by Crippen LogP contribution is -1.97. The molecule has 0 aromatic rings. The molecule has 0 amide bonds. The van der Waals surface area contributed by atoms with Crippen LogP contribution >= 0.6 is 0 Å². The lowest BCUT2D eigenvalue weighted by molar-refractivity contribution is -0.384. The van der Waals surface area contributed by atoms with Gasteiger partial charge in [0.1, 0.15) is 11.8 Å². The maximum atomic E-state index is 10.5. The lowest BCUT2D eigenvalue weighted by Gasteiger charge is -2.00. The van der Waals surface area contributed by atoms with E-state index in [1.54, 1.807) is 0 Å². The normalized spacial score (nSPS) is 10.5. The fraction of sp³-hybridized carbons (Fsp3) is 0. The molecule has 0 atom stereocenters. The maximum Gasteiger partial charge on any atom is 0.298 e. The van der Waals surface area contributed by atoms with Gasteiger partial charge in [0.2, 0.25) is 0 Å². The van der Waals surface area contributed by atoms with E-state index in [1.165, 1.54) is 18.3 Å². The minimum Gasteiger partial charge on any atom is -0.427 e. The molecule has 0 fully saturated rings. The Hall–Kier alpha value is -2.11. The van der Waals surface area contributed by atoms with Crippen LogP contribution in [0.1, 0.15) is 0 Å². The maximum absolute atomic E-state index is 10.5. The molecule has 0 bridgehead atoms. The van der Waals surface area contributed by atoms with Gasteiger partial charge in [0.15, 0.2) is 5.82 Å². The summed E-state index contributed by atoms with van der Waals surface area (Å²) in [6, 6.07) is 3.05. The highest BCUT2D eigenvalue weighted by Gasteiger charge is 2.21. The molecule has 2 aliphatic heterocycles. The van der Waals surface area contributed by atoms with Gasteiger partial charge in [0, 0.05) is 6.20 Å². The predicted molar refractivity (Wildman–Crippen MR) is 42.7 cm³/mol. The van der Waals surface area contributed by atoms with Gasteiger partial charge in [-0.05, 0) is 12.1 Å². The third-order valence-corrected chi connectivity index (χ3v) is 1.73. The molecular weight excluding hydrogens is 174 g/mol. The van der Waals surface area contributed by atoms with Crippen molar-refractivity contribution in [3.05, 3.63) is 34.6 Å². The first-order chi connectivity index (χ1) is 6.20. The number of fused-ring (bicyclic) bond motifs is 1. The highest BCUT2D eigenvalue weighted by atomic mass is 16.6. The molecular formula is C7H5N3O3. The largest absolute Gasteiger partial charge is 0.427 e. The topological polar surface area (TPSA) is 81.2 Å². The Labute approximate surface area is 72.5 Å². The summed E-state index contributed by atoms with van der Waals surface area (Å²) < 4.78 is 0.752. The Kier molecular flexibility index (Phi) is 1.42. The molecule has 2 aliphatic rings. The summed E-state index contributed by atoms with van der Waals surface area (Å²) in [5.74, 6) is 0.189. The van der Waals surface area contributed by atoms with Crippen LogP contribution in [-0.2, 0) is 0 Å². The van der Waals surface area contributed by atoms with E-state index in [0.29, 0.717) is 5.56 Å². The van der Waals surface area contributed by atoms with E-state index >= 15 is 0 Å². The first-order valence-electron chi connectivity index (χ1n) is 3.50. The average molecular weight is 179 g/mol. The summed E-state index contributed by atoms with van der Waals surface area (Å²) >= 11 is 0. The molecule has 6 heteroatoms. The van der Waals surface area contributed by atoms with Crippen LogP contribution in [0, 0.1) is 10.1 Å². The standard InChI is InChI=1S/C7H5N3O3/c11-9-3-1-2-5-6(10(12)13)4-8-7(5)9/h1-4,11H. The van der Waals surface area contributed by atoms with Gasteiger partial charge in [-0.3, -0.25) is 10.1 Å². The molecule has 6 nitrogen and oxygen atoms in total.